The molecule has 1 aliphatic heterocycles. The Kier molecular flexibility index (Phi) is 9.69. The fourth-order valence-electron chi connectivity index (χ4n) is 3.62. The summed E-state index contributed by atoms with van der Waals surface area (Å²) in [4.78, 5) is 16.6. The van der Waals surface area contributed by atoms with E-state index in [0.29, 0.717) is 0 Å². The zero-order valence-corrected chi connectivity index (χ0v) is 19.3. The number of unbranched alkanes of at least 4 members (excludes halogenated alkanes) is 2. The first-order valence-electron chi connectivity index (χ1n) is 11.2. The van der Waals surface area contributed by atoms with Gasteiger partial charge in [-0.3, -0.25) is 4.79 Å². The predicted molar refractivity (Wildman–Crippen MR) is 130 cm³/mol. The van der Waals surface area contributed by atoms with Crippen molar-refractivity contribution >= 4 is 17.7 Å². The van der Waals surface area contributed by atoms with Gasteiger partial charge in [-0.15, -0.1) is 6.58 Å². The van der Waals surface area contributed by atoms with E-state index in [1.165, 1.54) is 11.0 Å². The zero-order chi connectivity index (χ0) is 24.2. The monoisotopic (exact) mass is 439 g/mol. The molecule has 1 aromatic carbocycles. The highest BCUT2D eigenvalue weighted by molar-refractivity contribution is 6.05. The Morgan fingerprint density at radius 3 is 2.12 bits per heavy atom. The summed E-state index contributed by atoms with van der Waals surface area (Å²) in [6.07, 6.45) is 9.42. The molecule has 2 rings (SSSR count). The number of benzene rings is 1. The summed E-state index contributed by atoms with van der Waals surface area (Å²) in [5.74, 6) is -0.428. The van der Waals surface area contributed by atoms with Crippen molar-refractivity contribution < 1.29 is 4.79 Å². The van der Waals surface area contributed by atoms with E-state index in [1.54, 1.807) is 24.3 Å². The molecule has 0 bridgehead atoms. The highest BCUT2D eigenvalue weighted by atomic mass is 16.2. The van der Waals surface area contributed by atoms with Crippen LogP contribution < -0.4 is 4.90 Å². The van der Waals surface area contributed by atoms with Crippen molar-refractivity contribution in [2.45, 2.75) is 39.5 Å². The van der Waals surface area contributed by atoms with E-state index in [0.717, 1.165) is 50.0 Å². The third kappa shape index (κ3) is 6.00. The average molecular weight is 440 g/mol. The maximum Gasteiger partial charge on any atom is 0.260 e. The maximum atomic E-state index is 12.9. The van der Waals surface area contributed by atoms with Gasteiger partial charge in [-0.25, -0.2) is 0 Å². The standard InChI is InChI=1S/C27H29N5O/c1-4-7-16-31(17-8-5-2)23-12-9-21(10-13-23)11-14-24-25(20-30)26(22(18-28)19-29)32(15-6-3)27(24)33/h6,9-14H,3-5,7-8,15-17H2,1-2H3/b14-11+. The van der Waals surface area contributed by atoms with Crippen molar-refractivity contribution in [1.29, 1.82) is 15.8 Å². The molecule has 0 spiro atoms. The number of nitriles is 3. The molecule has 1 aromatic rings. The van der Waals surface area contributed by atoms with Gasteiger partial charge >= 0.3 is 0 Å². The molecule has 0 radical (unpaired) electrons. The number of rotatable bonds is 11. The van der Waals surface area contributed by atoms with E-state index < -0.39 is 5.91 Å². The molecule has 0 fully saturated rings. The number of carbonyl (C=O) groups is 1. The smallest absolute Gasteiger partial charge is 0.260 e. The first kappa shape index (κ1) is 25.2. The minimum absolute atomic E-state index is 0.0260. The Morgan fingerprint density at radius 2 is 1.64 bits per heavy atom. The lowest BCUT2D eigenvalue weighted by Crippen LogP contribution is -2.26. The number of hydrogen-bond acceptors (Lipinski definition) is 5. The van der Waals surface area contributed by atoms with Crippen LogP contribution >= 0.6 is 0 Å². The first-order valence-corrected chi connectivity index (χ1v) is 11.2. The number of anilines is 1. The second-order valence-electron chi connectivity index (χ2n) is 7.67. The number of nitrogens with zero attached hydrogens (tertiary/aromatic N) is 5. The number of allylic oxidation sites excluding steroid dienone is 2. The van der Waals surface area contributed by atoms with Crippen molar-refractivity contribution in [2.24, 2.45) is 0 Å². The molecule has 0 atom stereocenters. The zero-order valence-electron chi connectivity index (χ0n) is 19.3. The minimum Gasteiger partial charge on any atom is -0.372 e. The van der Waals surface area contributed by atoms with Gasteiger partial charge in [-0.1, -0.05) is 51.0 Å². The summed E-state index contributed by atoms with van der Waals surface area (Å²) < 4.78 is 0. The number of amides is 1. The largest absolute Gasteiger partial charge is 0.372 e. The average Bonchev–Trinajstić information content (AvgIpc) is 3.10. The van der Waals surface area contributed by atoms with E-state index in [9.17, 15) is 20.6 Å². The molecule has 168 valence electrons. The summed E-state index contributed by atoms with van der Waals surface area (Å²) in [5.41, 5.74) is 2.01. The van der Waals surface area contributed by atoms with Crippen LogP contribution in [0.15, 0.2) is 65.4 Å². The van der Waals surface area contributed by atoms with Gasteiger partial charge in [0.1, 0.15) is 18.2 Å². The molecule has 33 heavy (non-hydrogen) atoms. The molecule has 6 nitrogen and oxygen atoms in total. The second-order valence-corrected chi connectivity index (χ2v) is 7.67. The van der Waals surface area contributed by atoms with E-state index in [1.807, 2.05) is 18.2 Å². The predicted octanol–water partition coefficient (Wildman–Crippen LogP) is 5.26. The van der Waals surface area contributed by atoms with E-state index in [2.05, 4.69) is 37.5 Å². The van der Waals surface area contributed by atoms with Gasteiger partial charge in [-0.2, -0.15) is 15.8 Å². The van der Waals surface area contributed by atoms with Gasteiger partial charge in [0.15, 0.2) is 5.57 Å². The summed E-state index contributed by atoms with van der Waals surface area (Å²) in [7, 11) is 0. The van der Waals surface area contributed by atoms with Crippen LogP contribution in [0.3, 0.4) is 0 Å². The molecule has 1 aliphatic rings. The highest BCUT2D eigenvalue weighted by Crippen LogP contribution is 2.32. The molecular weight excluding hydrogens is 410 g/mol. The third-order valence-electron chi connectivity index (χ3n) is 5.40. The molecule has 0 saturated heterocycles. The molecule has 6 heteroatoms. The van der Waals surface area contributed by atoms with Crippen LogP contribution in [0.5, 0.6) is 0 Å². The van der Waals surface area contributed by atoms with Crippen molar-refractivity contribution in [3.8, 4) is 18.2 Å². The second kappa shape index (κ2) is 12.7. The van der Waals surface area contributed by atoms with Gasteiger partial charge in [-0.05, 0) is 36.6 Å². The molecule has 0 aliphatic carbocycles. The van der Waals surface area contributed by atoms with Crippen LogP contribution in [-0.2, 0) is 4.79 Å². The summed E-state index contributed by atoms with van der Waals surface area (Å²) in [6.45, 7) is 10.1. The number of hydrogen-bond donors (Lipinski definition) is 0. The lowest BCUT2D eigenvalue weighted by Gasteiger charge is -2.24. The quantitative estimate of drug-likeness (QED) is 0.346. The van der Waals surface area contributed by atoms with Crippen LogP contribution in [0.25, 0.3) is 6.08 Å². The van der Waals surface area contributed by atoms with Crippen LogP contribution in [-0.4, -0.2) is 30.4 Å². The summed E-state index contributed by atoms with van der Waals surface area (Å²) in [6, 6.07) is 13.7. The Labute approximate surface area is 196 Å². The molecule has 0 unspecified atom stereocenters. The van der Waals surface area contributed by atoms with E-state index in [-0.39, 0.29) is 29.0 Å². The van der Waals surface area contributed by atoms with Gasteiger partial charge in [0.2, 0.25) is 0 Å². The topological polar surface area (TPSA) is 94.9 Å². The van der Waals surface area contributed by atoms with Crippen LogP contribution in [0.4, 0.5) is 5.69 Å². The Morgan fingerprint density at radius 1 is 1.03 bits per heavy atom. The summed E-state index contributed by atoms with van der Waals surface area (Å²) in [5, 5.41) is 28.3. The highest BCUT2D eigenvalue weighted by Gasteiger charge is 2.35. The molecule has 0 N–H and O–H groups in total. The third-order valence-corrected chi connectivity index (χ3v) is 5.40. The Bertz CT molecular complexity index is 1060. The number of carbonyl (C=O) groups excluding carboxylic acids is 1. The molecular formula is C27H29N5O. The lowest BCUT2D eigenvalue weighted by atomic mass is 10.1. The van der Waals surface area contributed by atoms with Gasteiger partial charge in [0.25, 0.3) is 5.91 Å². The normalized spacial score (nSPS) is 13.1. The van der Waals surface area contributed by atoms with Crippen molar-refractivity contribution in [2.75, 3.05) is 24.5 Å². The van der Waals surface area contributed by atoms with Gasteiger partial charge in [0.05, 0.1) is 16.8 Å². The van der Waals surface area contributed by atoms with Crippen LogP contribution in [0, 0.1) is 34.0 Å². The Hall–Kier alpha value is -4.08. The molecule has 0 aromatic heterocycles. The van der Waals surface area contributed by atoms with Crippen LogP contribution in [0.1, 0.15) is 45.1 Å². The fourth-order valence-corrected chi connectivity index (χ4v) is 3.62. The molecule has 1 amide bonds. The van der Waals surface area contributed by atoms with Gasteiger partial charge < -0.3 is 9.80 Å². The van der Waals surface area contributed by atoms with E-state index in [4.69, 9.17) is 0 Å². The SMILES string of the molecule is C=CCN1C(=O)C(/C=C/c2ccc(N(CCCC)CCCC)cc2)=C(C#N)C1=C(C#N)C#N. The van der Waals surface area contributed by atoms with Gasteiger partial charge in [0, 0.05) is 25.3 Å². The molecule has 0 saturated carbocycles. The summed E-state index contributed by atoms with van der Waals surface area (Å²) >= 11 is 0. The molecule has 1 heterocycles. The first-order chi connectivity index (χ1) is 16.1. The maximum absolute atomic E-state index is 12.9. The van der Waals surface area contributed by atoms with E-state index >= 15 is 0 Å². The lowest BCUT2D eigenvalue weighted by molar-refractivity contribution is -0.123. The van der Waals surface area contributed by atoms with Crippen molar-refractivity contribution in [3.05, 3.63) is 71.0 Å². The fraction of sp³-hybridized carbons (Fsp3) is 0.333. The van der Waals surface area contributed by atoms with Crippen LogP contribution in [0.2, 0.25) is 0 Å². The minimum atomic E-state index is -0.428. The van der Waals surface area contributed by atoms with Crippen molar-refractivity contribution in [1.82, 2.24) is 4.90 Å². The Balaban J connectivity index is 2.36. The van der Waals surface area contributed by atoms with Crippen molar-refractivity contribution in [3.63, 3.8) is 0 Å².